The van der Waals surface area contributed by atoms with Crippen molar-refractivity contribution in [2.75, 3.05) is 18.4 Å². The number of benzene rings is 1. The number of hydrogen-bond acceptors (Lipinski definition) is 4. The molecule has 3 heterocycles. The van der Waals surface area contributed by atoms with Crippen LogP contribution in [0.1, 0.15) is 39.5 Å². The van der Waals surface area contributed by atoms with Crippen LogP contribution in [-0.4, -0.2) is 23.9 Å². The second-order valence-corrected chi connectivity index (χ2v) is 6.89. The Kier molecular flexibility index (Phi) is 3.39. The summed E-state index contributed by atoms with van der Waals surface area (Å²) >= 11 is 1.75. The molecule has 0 bridgehead atoms. The zero-order valence-electron chi connectivity index (χ0n) is 12.6. The van der Waals surface area contributed by atoms with E-state index in [0.29, 0.717) is 0 Å². The van der Waals surface area contributed by atoms with Gasteiger partial charge in [-0.05, 0) is 24.1 Å². The van der Waals surface area contributed by atoms with Crippen molar-refractivity contribution in [2.24, 2.45) is 0 Å². The van der Waals surface area contributed by atoms with E-state index in [2.05, 4.69) is 22.5 Å². The summed E-state index contributed by atoms with van der Waals surface area (Å²) in [5, 5.41) is 7.62. The average molecular weight is 313 g/mol. The molecule has 0 saturated heterocycles. The van der Waals surface area contributed by atoms with Crippen LogP contribution in [0.5, 0.6) is 0 Å². The van der Waals surface area contributed by atoms with Crippen molar-refractivity contribution in [2.45, 2.75) is 26.1 Å². The number of rotatable bonds is 2. The van der Waals surface area contributed by atoms with Crippen LogP contribution in [-0.2, 0) is 13.0 Å². The van der Waals surface area contributed by atoms with Crippen molar-refractivity contribution in [1.29, 1.82) is 0 Å². The van der Waals surface area contributed by atoms with Gasteiger partial charge in [-0.2, -0.15) is 0 Å². The predicted octanol–water partition coefficient (Wildman–Crippen LogP) is 2.98. The molecular formula is C17H19N3OS. The molecule has 2 N–H and O–H groups in total. The standard InChI is InChI=1S/C17H19N3OS/c1-2-20-9-8-12-13(10-20)22-17-14(12)16(21)18-15(19-17)11-6-4-3-5-7-11/h3-7,15,19H,2,8-10H2,1H3,(H,18,21). The molecule has 1 aromatic carbocycles. The van der Waals surface area contributed by atoms with Crippen molar-refractivity contribution in [3.63, 3.8) is 0 Å². The Morgan fingerprint density at radius 1 is 1.27 bits per heavy atom. The number of carbonyl (C=O) groups excluding carboxylic acids is 1. The molecule has 1 atom stereocenters. The van der Waals surface area contributed by atoms with Gasteiger partial charge in [0.1, 0.15) is 11.2 Å². The summed E-state index contributed by atoms with van der Waals surface area (Å²) in [5.74, 6) is 0.0602. The molecule has 22 heavy (non-hydrogen) atoms. The van der Waals surface area contributed by atoms with E-state index in [0.717, 1.165) is 42.2 Å². The molecule has 0 spiro atoms. The van der Waals surface area contributed by atoms with Crippen molar-refractivity contribution >= 4 is 22.2 Å². The van der Waals surface area contributed by atoms with E-state index in [4.69, 9.17) is 0 Å². The first-order chi connectivity index (χ1) is 10.8. The second-order valence-electron chi connectivity index (χ2n) is 5.79. The summed E-state index contributed by atoms with van der Waals surface area (Å²) in [6, 6.07) is 10.1. The van der Waals surface area contributed by atoms with Gasteiger partial charge in [-0.25, -0.2) is 0 Å². The van der Waals surface area contributed by atoms with E-state index >= 15 is 0 Å². The molecule has 2 aliphatic heterocycles. The molecule has 2 aromatic rings. The number of likely N-dealkylation sites (N-methyl/N-ethyl adjacent to an activating group) is 1. The van der Waals surface area contributed by atoms with Crippen LogP contribution in [0.3, 0.4) is 0 Å². The van der Waals surface area contributed by atoms with Crippen LogP contribution >= 0.6 is 11.3 Å². The monoisotopic (exact) mass is 313 g/mol. The Morgan fingerprint density at radius 2 is 2.09 bits per heavy atom. The van der Waals surface area contributed by atoms with Crippen molar-refractivity contribution in [3.8, 4) is 0 Å². The third-order valence-corrected chi connectivity index (χ3v) is 5.64. The van der Waals surface area contributed by atoms with Gasteiger partial charge in [0.05, 0.1) is 5.56 Å². The molecule has 0 radical (unpaired) electrons. The summed E-state index contributed by atoms with van der Waals surface area (Å²) in [7, 11) is 0. The first-order valence-corrected chi connectivity index (χ1v) is 8.57. The highest BCUT2D eigenvalue weighted by molar-refractivity contribution is 7.16. The maximum atomic E-state index is 12.6. The van der Waals surface area contributed by atoms with Gasteiger partial charge >= 0.3 is 0 Å². The molecule has 4 nitrogen and oxygen atoms in total. The highest BCUT2D eigenvalue weighted by Crippen LogP contribution is 2.40. The third-order valence-electron chi connectivity index (χ3n) is 4.49. The molecule has 0 fully saturated rings. The summed E-state index contributed by atoms with van der Waals surface area (Å²) in [6.07, 6.45) is 0.837. The lowest BCUT2D eigenvalue weighted by Gasteiger charge is -2.28. The number of anilines is 1. The second kappa shape index (κ2) is 5.41. The molecule has 0 saturated carbocycles. The number of amides is 1. The van der Waals surface area contributed by atoms with Crippen LogP contribution in [0.15, 0.2) is 30.3 Å². The highest BCUT2D eigenvalue weighted by atomic mass is 32.1. The minimum absolute atomic E-state index is 0.0602. The zero-order chi connectivity index (χ0) is 15.1. The minimum atomic E-state index is -0.136. The molecule has 114 valence electrons. The van der Waals surface area contributed by atoms with Crippen LogP contribution in [0.25, 0.3) is 0 Å². The topological polar surface area (TPSA) is 44.4 Å². The molecule has 4 rings (SSSR count). The van der Waals surface area contributed by atoms with Crippen LogP contribution in [0, 0.1) is 0 Å². The summed E-state index contributed by atoms with van der Waals surface area (Å²) < 4.78 is 0. The van der Waals surface area contributed by atoms with Crippen LogP contribution < -0.4 is 10.6 Å². The summed E-state index contributed by atoms with van der Waals surface area (Å²) in [6.45, 7) is 5.26. The first-order valence-electron chi connectivity index (χ1n) is 7.75. The van der Waals surface area contributed by atoms with Crippen molar-refractivity contribution in [1.82, 2.24) is 10.2 Å². The smallest absolute Gasteiger partial charge is 0.256 e. The SMILES string of the molecule is CCN1CCc2c(sc3c2C(=O)NC(c2ccccc2)N3)C1. The van der Waals surface area contributed by atoms with Gasteiger partial charge in [-0.3, -0.25) is 9.69 Å². The van der Waals surface area contributed by atoms with Gasteiger partial charge in [-0.1, -0.05) is 37.3 Å². The maximum absolute atomic E-state index is 12.6. The van der Waals surface area contributed by atoms with Gasteiger partial charge in [0, 0.05) is 18.0 Å². The Hall–Kier alpha value is -1.85. The normalized spacial score (nSPS) is 20.8. The fourth-order valence-electron chi connectivity index (χ4n) is 3.25. The summed E-state index contributed by atoms with van der Waals surface area (Å²) in [5.41, 5.74) is 3.22. The Balaban J connectivity index is 1.68. The van der Waals surface area contributed by atoms with E-state index in [1.54, 1.807) is 11.3 Å². The molecule has 1 aromatic heterocycles. The van der Waals surface area contributed by atoms with Gasteiger partial charge < -0.3 is 10.6 Å². The first kappa shape index (κ1) is 13.8. The van der Waals surface area contributed by atoms with E-state index in [1.807, 2.05) is 30.3 Å². The largest absolute Gasteiger partial charge is 0.353 e. The third kappa shape index (κ3) is 2.21. The van der Waals surface area contributed by atoms with Gasteiger partial charge in [0.25, 0.3) is 5.91 Å². The molecule has 5 heteroatoms. The lowest BCUT2D eigenvalue weighted by Crippen LogP contribution is -2.38. The van der Waals surface area contributed by atoms with E-state index in [-0.39, 0.29) is 12.1 Å². The lowest BCUT2D eigenvalue weighted by molar-refractivity contribution is 0.0934. The van der Waals surface area contributed by atoms with E-state index in [9.17, 15) is 4.79 Å². The molecule has 1 unspecified atom stereocenters. The zero-order valence-corrected chi connectivity index (χ0v) is 13.4. The number of nitrogens with one attached hydrogen (secondary N) is 2. The van der Waals surface area contributed by atoms with Gasteiger partial charge in [-0.15, -0.1) is 11.3 Å². The molecule has 0 aliphatic carbocycles. The van der Waals surface area contributed by atoms with Gasteiger partial charge in [0.15, 0.2) is 0 Å². The minimum Gasteiger partial charge on any atom is -0.353 e. The molecular weight excluding hydrogens is 294 g/mol. The maximum Gasteiger partial charge on any atom is 0.256 e. The van der Waals surface area contributed by atoms with Gasteiger partial charge in [0.2, 0.25) is 0 Å². The Labute approximate surface area is 134 Å². The fraction of sp³-hybridized carbons (Fsp3) is 0.353. The average Bonchev–Trinajstić information content (AvgIpc) is 2.93. The summed E-state index contributed by atoms with van der Waals surface area (Å²) in [4.78, 5) is 16.4. The van der Waals surface area contributed by atoms with E-state index in [1.165, 1.54) is 10.4 Å². The van der Waals surface area contributed by atoms with Crippen LogP contribution in [0.2, 0.25) is 0 Å². The molecule has 2 aliphatic rings. The fourth-order valence-corrected chi connectivity index (χ4v) is 4.57. The highest BCUT2D eigenvalue weighted by Gasteiger charge is 2.32. The van der Waals surface area contributed by atoms with Crippen LogP contribution in [0.4, 0.5) is 5.00 Å². The lowest BCUT2D eigenvalue weighted by atomic mass is 10.0. The Bertz CT molecular complexity index is 710. The van der Waals surface area contributed by atoms with Crippen molar-refractivity contribution in [3.05, 3.63) is 51.9 Å². The van der Waals surface area contributed by atoms with E-state index < -0.39 is 0 Å². The Morgan fingerprint density at radius 3 is 2.86 bits per heavy atom. The van der Waals surface area contributed by atoms with Crippen molar-refractivity contribution < 1.29 is 4.79 Å². The number of nitrogens with zero attached hydrogens (tertiary/aromatic N) is 1. The molecule has 1 amide bonds. The number of hydrogen-bond donors (Lipinski definition) is 2. The number of fused-ring (bicyclic) bond motifs is 3. The number of thiophene rings is 1. The quantitative estimate of drug-likeness (QED) is 0.896. The number of carbonyl (C=O) groups is 1. The predicted molar refractivity (Wildman–Crippen MR) is 89.2 cm³/mol.